The zero-order valence-corrected chi connectivity index (χ0v) is 17.5. The molecule has 0 aliphatic carbocycles. The topological polar surface area (TPSA) is 86.5 Å². The van der Waals surface area contributed by atoms with E-state index in [2.05, 4.69) is 4.90 Å². The first-order valence-corrected chi connectivity index (χ1v) is 10.4. The number of hydrogen-bond acceptors (Lipinski definition) is 6. The number of carbonyl (C=O) groups excluding carboxylic acids is 3. The molecule has 2 aliphatic heterocycles. The van der Waals surface area contributed by atoms with Gasteiger partial charge in [-0.2, -0.15) is 0 Å². The number of para-hydroxylation sites is 2. The molecule has 0 spiro atoms. The summed E-state index contributed by atoms with van der Waals surface area (Å²) in [4.78, 5) is 44.8. The fourth-order valence-electron chi connectivity index (χ4n) is 3.98. The zero-order valence-electron chi connectivity index (χ0n) is 17.5. The Kier molecular flexibility index (Phi) is 6.11. The van der Waals surface area contributed by atoms with Gasteiger partial charge in [-0.1, -0.05) is 12.1 Å². The van der Waals surface area contributed by atoms with Crippen molar-refractivity contribution in [2.75, 3.05) is 64.4 Å². The number of hydrogen-bond donors (Lipinski definition) is 0. The smallest absolute Gasteiger partial charge is 0.312 e. The number of furan rings is 1. The molecule has 1 aromatic heterocycles. The number of rotatable bonds is 3. The number of piperazine rings is 2. The molecule has 0 bridgehead atoms. The second-order valence-corrected chi connectivity index (χ2v) is 7.51. The van der Waals surface area contributed by atoms with E-state index in [4.69, 9.17) is 9.15 Å². The van der Waals surface area contributed by atoms with Crippen molar-refractivity contribution >= 4 is 23.4 Å². The van der Waals surface area contributed by atoms with E-state index < -0.39 is 11.8 Å². The Labute approximate surface area is 180 Å². The van der Waals surface area contributed by atoms with E-state index in [1.165, 1.54) is 11.2 Å². The molecule has 0 atom stereocenters. The number of carbonyl (C=O) groups is 3. The van der Waals surface area contributed by atoms with Crippen LogP contribution in [0.3, 0.4) is 0 Å². The van der Waals surface area contributed by atoms with E-state index in [-0.39, 0.29) is 11.7 Å². The van der Waals surface area contributed by atoms with E-state index in [0.717, 1.165) is 11.4 Å². The predicted octanol–water partition coefficient (Wildman–Crippen LogP) is 0.921. The van der Waals surface area contributed by atoms with Gasteiger partial charge < -0.3 is 28.8 Å². The second-order valence-electron chi connectivity index (χ2n) is 7.51. The van der Waals surface area contributed by atoms with Gasteiger partial charge >= 0.3 is 11.8 Å². The van der Waals surface area contributed by atoms with Gasteiger partial charge in [0.2, 0.25) is 0 Å². The first-order valence-electron chi connectivity index (χ1n) is 10.4. The maximum Gasteiger partial charge on any atom is 0.312 e. The highest BCUT2D eigenvalue weighted by Gasteiger charge is 2.33. The van der Waals surface area contributed by atoms with Gasteiger partial charge in [0.05, 0.1) is 19.1 Å². The summed E-state index contributed by atoms with van der Waals surface area (Å²) in [6.45, 7) is 3.62. The van der Waals surface area contributed by atoms with Gasteiger partial charge in [-0.05, 0) is 24.3 Å². The van der Waals surface area contributed by atoms with Crippen LogP contribution in [0.4, 0.5) is 5.69 Å². The second kappa shape index (κ2) is 9.11. The summed E-state index contributed by atoms with van der Waals surface area (Å²) in [5, 5.41) is 0. The molecule has 9 heteroatoms. The van der Waals surface area contributed by atoms with Crippen LogP contribution >= 0.6 is 0 Å². The number of nitrogens with zero attached hydrogens (tertiary/aromatic N) is 4. The van der Waals surface area contributed by atoms with E-state index in [0.29, 0.717) is 52.4 Å². The summed E-state index contributed by atoms with van der Waals surface area (Å²) in [6.07, 6.45) is 1.46. The Hall–Kier alpha value is -3.49. The number of ether oxygens (including phenoxy) is 1. The highest BCUT2D eigenvalue weighted by atomic mass is 16.5. The number of anilines is 1. The minimum atomic E-state index is -0.504. The molecular weight excluding hydrogens is 400 g/mol. The molecule has 2 aromatic rings. The molecule has 2 aliphatic rings. The van der Waals surface area contributed by atoms with Gasteiger partial charge in [0, 0.05) is 52.4 Å². The van der Waals surface area contributed by atoms with Crippen molar-refractivity contribution < 1.29 is 23.5 Å². The van der Waals surface area contributed by atoms with Crippen LogP contribution in [0, 0.1) is 0 Å². The summed E-state index contributed by atoms with van der Waals surface area (Å²) in [7, 11) is 1.64. The lowest BCUT2D eigenvalue weighted by Crippen LogP contribution is -2.57. The lowest BCUT2D eigenvalue weighted by atomic mass is 10.2. The van der Waals surface area contributed by atoms with Crippen molar-refractivity contribution in [2.45, 2.75) is 0 Å². The summed E-state index contributed by atoms with van der Waals surface area (Å²) in [6, 6.07) is 11.1. The number of benzene rings is 1. The minimum Gasteiger partial charge on any atom is -0.495 e. The fourth-order valence-corrected chi connectivity index (χ4v) is 3.98. The van der Waals surface area contributed by atoms with Gasteiger partial charge in [-0.25, -0.2) is 0 Å². The van der Waals surface area contributed by atoms with Gasteiger partial charge in [0.15, 0.2) is 5.76 Å². The molecule has 0 radical (unpaired) electrons. The standard InChI is InChI=1S/C22H26N4O5/c1-30-18-6-3-2-5-17(18)23-8-10-25(11-9-23)21(28)22(29)26-14-12-24(13-15-26)20(27)19-7-4-16-31-19/h2-7,16H,8-15H2,1H3. The normalized spacial score (nSPS) is 16.9. The summed E-state index contributed by atoms with van der Waals surface area (Å²) < 4.78 is 10.6. The minimum absolute atomic E-state index is 0.198. The third-order valence-corrected chi connectivity index (χ3v) is 5.76. The molecule has 0 unspecified atom stereocenters. The van der Waals surface area contributed by atoms with Crippen LogP contribution in [0.2, 0.25) is 0 Å². The first kappa shape index (κ1) is 20.8. The third kappa shape index (κ3) is 4.35. The lowest BCUT2D eigenvalue weighted by Gasteiger charge is -2.38. The van der Waals surface area contributed by atoms with Crippen molar-refractivity contribution in [1.29, 1.82) is 0 Å². The number of amides is 3. The molecule has 3 amide bonds. The number of methoxy groups -OCH3 is 1. The van der Waals surface area contributed by atoms with Crippen LogP contribution < -0.4 is 9.64 Å². The summed E-state index contributed by atoms with van der Waals surface area (Å²) in [5.41, 5.74) is 0.987. The fraction of sp³-hybridized carbons (Fsp3) is 0.409. The monoisotopic (exact) mass is 426 g/mol. The van der Waals surface area contributed by atoms with Crippen LogP contribution in [0.15, 0.2) is 47.1 Å². The molecule has 9 nitrogen and oxygen atoms in total. The molecule has 4 rings (SSSR count). The summed E-state index contributed by atoms with van der Waals surface area (Å²) >= 11 is 0. The Morgan fingerprint density at radius 3 is 1.94 bits per heavy atom. The molecule has 3 heterocycles. The third-order valence-electron chi connectivity index (χ3n) is 5.76. The average Bonchev–Trinajstić information content (AvgIpc) is 3.38. The highest BCUT2D eigenvalue weighted by Crippen LogP contribution is 2.28. The van der Waals surface area contributed by atoms with Crippen molar-refractivity contribution in [1.82, 2.24) is 14.7 Å². The van der Waals surface area contributed by atoms with E-state index in [1.807, 2.05) is 24.3 Å². The molecule has 1 aromatic carbocycles. The van der Waals surface area contributed by atoms with Gasteiger partial charge in [-0.3, -0.25) is 14.4 Å². The molecule has 0 N–H and O–H groups in total. The van der Waals surface area contributed by atoms with Crippen molar-refractivity contribution in [3.05, 3.63) is 48.4 Å². The van der Waals surface area contributed by atoms with Crippen molar-refractivity contribution in [3.8, 4) is 5.75 Å². The Balaban J connectivity index is 1.28. The van der Waals surface area contributed by atoms with E-state index in [1.54, 1.807) is 29.0 Å². The van der Waals surface area contributed by atoms with Gasteiger partial charge in [-0.15, -0.1) is 0 Å². The summed E-state index contributed by atoms with van der Waals surface area (Å²) in [5.74, 6) is -0.110. The van der Waals surface area contributed by atoms with Gasteiger partial charge in [0.25, 0.3) is 5.91 Å². The molecule has 164 valence electrons. The Bertz CT molecular complexity index is 929. The molecule has 31 heavy (non-hydrogen) atoms. The van der Waals surface area contributed by atoms with Crippen LogP contribution in [0.5, 0.6) is 5.75 Å². The van der Waals surface area contributed by atoms with E-state index >= 15 is 0 Å². The van der Waals surface area contributed by atoms with Crippen molar-refractivity contribution in [3.63, 3.8) is 0 Å². The quantitative estimate of drug-likeness (QED) is 0.679. The Morgan fingerprint density at radius 2 is 1.35 bits per heavy atom. The Morgan fingerprint density at radius 1 is 0.774 bits per heavy atom. The highest BCUT2D eigenvalue weighted by molar-refractivity contribution is 6.35. The zero-order chi connectivity index (χ0) is 21.8. The largest absolute Gasteiger partial charge is 0.495 e. The van der Waals surface area contributed by atoms with Crippen molar-refractivity contribution in [2.24, 2.45) is 0 Å². The molecular formula is C22H26N4O5. The maximum atomic E-state index is 12.8. The molecule has 2 saturated heterocycles. The predicted molar refractivity (Wildman–Crippen MR) is 113 cm³/mol. The van der Waals surface area contributed by atoms with Crippen LogP contribution in [0.1, 0.15) is 10.6 Å². The van der Waals surface area contributed by atoms with Gasteiger partial charge in [0.1, 0.15) is 5.75 Å². The molecule has 0 saturated carbocycles. The van der Waals surface area contributed by atoms with Crippen LogP contribution in [0.25, 0.3) is 0 Å². The lowest BCUT2D eigenvalue weighted by molar-refractivity contribution is -0.152. The average molecular weight is 426 g/mol. The first-order chi connectivity index (χ1) is 15.1. The maximum absolute atomic E-state index is 12.8. The van der Waals surface area contributed by atoms with E-state index in [9.17, 15) is 14.4 Å². The van der Waals surface area contributed by atoms with Crippen LogP contribution in [-0.2, 0) is 9.59 Å². The SMILES string of the molecule is COc1ccccc1N1CCN(C(=O)C(=O)N2CCN(C(=O)c3ccco3)CC2)CC1. The molecule has 2 fully saturated rings. The van der Waals surface area contributed by atoms with Crippen LogP contribution in [-0.4, -0.2) is 91.9 Å².